The zero-order valence-corrected chi connectivity index (χ0v) is 18.0. The molecular formula is C21H25ClN2O4S. The summed E-state index contributed by atoms with van der Waals surface area (Å²) in [7, 11) is -3.57. The Labute approximate surface area is 177 Å². The van der Waals surface area contributed by atoms with Gasteiger partial charge in [-0.25, -0.2) is 8.42 Å². The Morgan fingerprint density at radius 3 is 2.41 bits per heavy atom. The number of sulfonamides is 1. The Balaban J connectivity index is 1.44. The number of amides is 1. The van der Waals surface area contributed by atoms with Gasteiger partial charge in [0.15, 0.2) is 0 Å². The summed E-state index contributed by atoms with van der Waals surface area (Å²) >= 11 is 5.83. The van der Waals surface area contributed by atoms with E-state index in [1.165, 1.54) is 16.4 Å². The highest BCUT2D eigenvalue weighted by Crippen LogP contribution is 2.20. The highest BCUT2D eigenvalue weighted by molar-refractivity contribution is 7.89. The summed E-state index contributed by atoms with van der Waals surface area (Å²) in [5, 5.41) is 0.491. The van der Waals surface area contributed by atoms with Crippen molar-refractivity contribution in [1.82, 2.24) is 9.21 Å². The molecule has 2 aromatic carbocycles. The van der Waals surface area contributed by atoms with Gasteiger partial charge in [-0.1, -0.05) is 23.7 Å². The Kier molecular flexibility index (Phi) is 7.16. The van der Waals surface area contributed by atoms with Crippen LogP contribution in [0.5, 0.6) is 5.75 Å². The second-order valence-corrected chi connectivity index (χ2v) is 9.38. The van der Waals surface area contributed by atoms with E-state index in [9.17, 15) is 13.2 Å². The monoisotopic (exact) mass is 436 g/mol. The predicted molar refractivity (Wildman–Crippen MR) is 113 cm³/mol. The van der Waals surface area contributed by atoms with Gasteiger partial charge in [-0.2, -0.15) is 4.31 Å². The van der Waals surface area contributed by atoms with Crippen LogP contribution in [-0.2, 0) is 14.8 Å². The summed E-state index contributed by atoms with van der Waals surface area (Å²) in [4.78, 5) is 14.4. The summed E-state index contributed by atoms with van der Waals surface area (Å²) in [6, 6.07) is 13.9. The molecule has 0 aliphatic carbocycles. The fourth-order valence-electron chi connectivity index (χ4n) is 3.21. The first-order chi connectivity index (χ1) is 13.9. The van der Waals surface area contributed by atoms with Crippen LogP contribution in [0.2, 0.25) is 5.02 Å². The Morgan fingerprint density at radius 2 is 1.76 bits per heavy atom. The molecule has 0 N–H and O–H groups in total. The van der Waals surface area contributed by atoms with Crippen LogP contribution in [0.4, 0.5) is 0 Å². The average molecular weight is 437 g/mol. The smallest absolute Gasteiger partial charge is 0.243 e. The quantitative estimate of drug-likeness (QED) is 0.624. The van der Waals surface area contributed by atoms with Crippen LogP contribution in [0.25, 0.3) is 0 Å². The summed E-state index contributed by atoms with van der Waals surface area (Å²) < 4.78 is 32.5. The zero-order valence-electron chi connectivity index (χ0n) is 16.4. The number of carbonyl (C=O) groups is 1. The number of hydrogen-bond acceptors (Lipinski definition) is 4. The molecule has 0 aromatic heterocycles. The van der Waals surface area contributed by atoms with Crippen molar-refractivity contribution in [2.24, 2.45) is 0 Å². The number of ether oxygens (including phenoxy) is 1. The van der Waals surface area contributed by atoms with Gasteiger partial charge in [-0.15, -0.1) is 0 Å². The third-order valence-electron chi connectivity index (χ3n) is 4.84. The summed E-state index contributed by atoms with van der Waals surface area (Å²) in [5.41, 5.74) is 1.13. The van der Waals surface area contributed by atoms with Crippen LogP contribution in [0.15, 0.2) is 53.4 Å². The van der Waals surface area contributed by atoms with E-state index in [2.05, 4.69) is 0 Å². The minimum absolute atomic E-state index is 0.0291. The van der Waals surface area contributed by atoms with Crippen LogP contribution in [0, 0.1) is 6.92 Å². The van der Waals surface area contributed by atoms with Gasteiger partial charge in [0, 0.05) is 37.6 Å². The van der Waals surface area contributed by atoms with Crippen LogP contribution in [-0.4, -0.2) is 56.3 Å². The molecule has 1 aliphatic heterocycles. The lowest BCUT2D eigenvalue weighted by molar-refractivity contribution is -0.132. The maximum atomic E-state index is 12.7. The first-order valence-electron chi connectivity index (χ1n) is 9.59. The molecule has 0 radical (unpaired) electrons. The SMILES string of the molecule is Cc1cccc(OCCCC(=O)N2CCN(S(=O)(=O)c3ccc(Cl)cc3)CC2)c1. The van der Waals surface area contributed by atoms with Crippen LogP contribution < -0.4 is 4.74 Å². The fourth-order valence-corrected chi connectivity index (χ4v) is 4.76. The molecule has 0 spiro atoms. The van der Waals surface area contributed by atoms with Gasteiger partial charge in [0.05, 0.1) is 11.5 Å². The molecular weight excluding hydrogens is 412 g/mol. The molecule has 1 heterocycles. The lowest BCUT2D eigenvalue weighted by Gasteiger charge is -2.34. The molecule has 2 aromatic rings. The van der Waals surface area contributed by atoms with Crippen molar-refractivity contribution in [3.8, 4) is 5.75 Å². The van der Waals surface area contributed by atoms with Gasteiger partial charge in [-0.05, 0) is 55.3 Å². The van der Waals surface area contributed by atoms with Gasteiger partial charge in [0.2, 0.25) is 15.9 Å². The molecule has 1 fully saturated rings. The van der Waals surface area contributed by atoms with E-state index in [1.807, 2.05) is 31.2 Å². The van der Waals surface area contributed by atoms with E-state index in [0.717, 1.165) is 11.3 Å². The third-order valence-corrected chi connectivity index (χ3v) is 7.00. The Hall–Kier alpha value is -2.09. The molecule has 1 amide bonds. The highest BCUT2D eigenvalue weighted by Gasteiger charge is 2.29. The van der Waals surface area contributed by atoms with Crippen molar-refractivity contribution in [2.75, 3.05) is 32.8 Å². The zero-order chi connectivity index (χ0) is 20.9. The first kappa shape index (κ1) is 21.6. The van der Waals surface area contributed by atoms with Gasteiger partial charge in [0.25, 0.3) is 0 Å². The maximum absolute atomic E-state index is 12.7. The molecule has 3 rings (SSSR count). The number of carbonyl (C=O) groups excluding carboxylic acids is 1. The summed E-state index contributed by atoms with van der Waals surface area (Å²) in [5.74, 6) is 0.833. The number of aryl methyl sites for hydroxylation is 1. The largest absolute Gasteiger partial charge is 0.494 e. The molecule has 0 saturated carbocycles. The van der Waals surface area contributed by atoms with Crippen molar-refractivity contribution in [2.45, 2.75) is 24.7 Å². The van der Waals surface area contributed by atoms with Crippen LogP contribution in [0.3, 0.4) is 0 Å². The van der Waals surface area contributed by atoms with Crippen molar-refractivity contribution >= 4 is 27.5 Å². The van der Waals surface area contributed by atoms with E-state index >= 15 is 0 Å². The second-order valence-electron chi connectivity index (χ2n) is 7.01. The number of hydrogen-bond donors (Lipinski definition) is 0. The van der Waals surface area contributed by atoms with E-state index in [1.54, 1.807) is 17.0 Å². The van der Waals surface area contributed by atoms with Crippen LogP contribution >= 0.6 is 11.6 Å². The lowest BCUT2D eigenvalue weighted by atomic mass is 10.2. The number of piperazine rings is 1. The summed E-state index contributed by atoms with van der Waals surface area (Å²) in [6.07, 6.45) is 1.01. The second kappa shape index (κ2) is 9.61. The van der Waals surface area contributed by atoms with Gasteiger partial charge >= 0.3 is 0 Å². The van der Waals surface area contributed by atoms with E-state index < -0.39 is 10.0 Å². The number of rotatable bonds is 7. The molecule has 1 saturated heterocycles. The average Bonchev–Trinajstić information content (AvgIpc) is 2.71. The molecule has 0 atom stereocenters. The van der Waals surface area contributed by atoms with E-state index in [-0.39, 0.29) is 23.9 Å². The minimum Gasteiger partial charge on any atom is -0.494 e. The topological polar surface area (TPSA) is 66.9 Å². The molecule has 0 unspecified atom stereocenters. The lowest BCUT2D eigenvalue weighted by Crippen LogP contribution is -2.50. The van der Waals surface area contributed by atoms with Gasteiger partial charge in [-0.3, -0.25) is 4.79 Å². The van der Waals surface area contributed by atoms with E-state index in [0.29, 0.717) is 37.6 Å². The first-order valence-corrected chi connectivity index (χ1v) is 11.4. The predicted octanol–water partition coefficient (Wildman–Crippen LogP) is 3.34. The molecule has 0 bridgehead atoms. The Morgan fingerprint density at radius 1 is 1.07 bits per heavy atom. The van der Waals surface area contributed by atoms with E-state index in [4.69, 9.17) is 16.3 Å². The maximum Gasteiger partial charge on any atom is 0.243 e. The number of nitrogens with zero attached hydrogens (tertiary/aromatic N) is 2. The fraction of sp³-hybridized carbons (Fsp3) is 0.381. The van der Waals surface area contributed by atoms with Gasteiger partial charge in [0.1, 0.15) is 5.75 Å². The van der Waals surface area contributed by atoms with Crippen LogP contribution in [0.1, 0.15) is 18.4 Å². The molecule has 8 heteroatoms. The molecule has 156 valence electrons. The van der Waals surface area contributed by atoms with Crippen molar-refractivity contribution in [3.63, 3.8) is 0 Å². The summed E-state index contributed by atoms with van der Waals surface area (Å²) in [6.45, 7) is 3.84. The number of halogens is 1. The molecule has 29 heavy (non-hydrogen) atoms. The molecule has 6 nitrogen and oxygen atoms in total. The number of benzene rings is 2. The highest BCUT2D eigenvalue weighted by atomic mass is 35.5. The molecule has 1 aliphatic rings. The Bertz CT molecular complexity index is 939. The van der Waals surface area contributed by atoms with Crippen molar-refractivity contribution in [3.05, 3.63) is 59.1 Å². The van der Waals surface area contributed by atoms with Crippen molar-refractivity contribution < 1.29 is 17.9 Å². The van der Waals surface area contributed by atoms with Crippen molar-refractivity contribution in [1.29, 1.82) is 0 Å². The third kappa shape index (κ3) is 5.72. The minimum atomic E-state index is -3.57. The normalized spacial score (nSPS) is 15.3. The van der Waals surface area contributed by atoms with Gasteiger partial charge < -0.3 is 9.64 Å². The standard InChI is InChI=1S/C21H25ClN2O4S/c1-17-4-2-5-19(16-17)28-15-3-6-21(25)23-11-13-24(14-12-23)29(26,27)20-9-7-18(22)8-10-20/h2,4-5,7-10,16H,3,6,11-15H2,1H3.